The molecule has 2 rings (SSSR count). The average Bonchev–Trinajstić information content (AvgIpc) is 2.57. The summed E-state index contributed by atoms with van der Waals surface area (Å²) in [6.07, 6.45) is 7.45. The second kappa shape index (κ2) is 10.3. The van der Waals surface area contributed by atoms with E-state index in [1.54, 1.807) is 0 Å². The van der Waals surface area contributed by atoms with E-state index in [0.717, 1.165) is 32.7 Å². The van der Waals surface area contributed by atoms with E-state index in [2.05, 4.69) is 49.1 Å². The maximum absolute atomic E-state index is 6.47. The van der Waals surface area contributed by atoms with Gasteiger partial charge < -0.3 is 9.64 Å². The quantitative estimate of drug-likeness (QED) is 0.622. The standard InChI is InChI=1S/C19H31NO.ClH/c1-3-20(4-2)16-11-17-21-19(14-9-6-10-15-19)18-12-7-5-8-13-18;/h5,7-8,12-13H,3-4,6,9-11,14-17H2,1-2H3;1H. The molecule has 1 aliphatic rings. The first-order valence-electron chi connectivity index (χ1n) is 8.72. The molecule has 1 fully saturated rings. The average molecular weight is 326 g/mol. The largest absolute Gasteiger partial charge is 0.370 e. The van der Waals surface area contributed by atoms with Crippen molar-refractivity contribution in [3.8, 4) is 0 Å². The first-order chi connectivity index (χ1) is 10.3. The number of hydrogen-bond acceptors (Lipinski definition) is 2. The Balaban J connectivity index is 0.00000242. The van der Waals surface area contributed by atoms with Crippen LogP contribution in [-0.4, -0.2) is 31.1 Å². The van der Waals surface area contributed by atoms with Gasteiger partial charge in [0.05, 0.1) is 5.60 Å². The lowest BCUT2D eigenvalue weighted by Gasteiger charge is -2.38. The number of benzene rings is 1. The maximum Gasteiger partial charge on any atom is 0.0931 e. The van der Waals surface area contributed by atoms with E-state index in [1.165, 1.54) is 37.7 Å². The minimum atomic E-state index is -0.0111. The monoisotopic (exact) mass is 325 g/mol. The van der Waals surface area contributed by atoms with Gasteiger partial charge in [0.1, 0.15) is 0 Å². The molecule has 0 saturated heterocycles. The summed E-state index contributed by atoms with van der Waals surface area (Å²) in [5, 5.41) is 0. The Morgan fingerprint density at radius 1 is 1.00 bits per heavy atom. The van der Waals surface area contributed by atoms with Crippen molar-refractivity contribution in [3.05, 3.63) is 35.9 Å². The minimum absolute atomic E-state index is 0. The van der Waals surface area contributed by atoms with Crippen LogP contribution in [0.15, 0.2) is 30.3 Å². The molecule has 22 heavy (non-hydrogen) atoms. The first-order valence-corrected chi connectivity index (χ1v) is 8.72. The van der Waals surface area contributed by atoms with Crippen molar-refractivity contribution in [2.45, 2.75) is 58.0 Å². The number of ether oxygens (including phenoxy) is 1. The molecule has 3 heteroatoms. The van der Waals surface area contributed by atoms with Crippen LogP contribution in [0.1, 0.15) is 57.9 Å². The van der Waals surface area contributed by atoms with Gasteiger partial charge in [0.25, 0.3) is 0 Å². The third-order valence-electron chi connectivity index (χ3n) is 4.85. The SMILES string of the molecule is CCN(CC)CCCOC1(c2ccccc2)CCCCC1.Cl. The Morgan fingerprint density at radius 2 is 1.64 bits per heavy atom. The van der Waals surface area contributed by atoms with E-state index in [-0.39, 0.29) is 18.0 Å². The number of hydrogen-bond donors (Lipinski definition) is 0. The predicted molar refractivity (Wildman–Crippen MR) is 96.8 cm³/mol. The lowest BCUT2D eigenvalue weighted by atomic mass is 9.79. The van der Waals surface area contributed by atoms with Crippen LogP contribution in [0.5, 0.6) is 0 Å². The van der Waals surface area contributed by atoms with Crippen molar-refractivity contribution in [3.63, 3.8) is 0 Å². The maximum atomic E-state index is 6.47. The van der Waals surface area contributed by atoms with Gasteiger partial charge in [0.15, 0.2) is 0 Å². The van der Waals surface area contributed by atoms with Gasteiger partial charge in [-0.15, -0.1) is 12.4 Å². The van der Waals surface area contributed by atoms with E-state index in [4.69, 9.17) is 4.74 Å². The highest BCUT2D eigenvalue weighted by molar-refractivity contribution is 5.85. The highest BCUT2D eigenvalue weighted by atomic mass is 35.5. The highest BCUT2D eigenvalue weighted by Crippen LogP contribution is 2.40. The Bertz CT molecular complexity index is 386. The number of rotatable bonds is 8. The van der Waals surface area contributed by atoms with Crippen molar-refractivity contribution in [2.24, 2.45) is 0 Å². The molecule has 0 bridgehead atoms. The van der Waals surface area contributed by atoms with Gasteiger partial charge in [-0.3, -0.25) is 0 Å². The molecule has 0 N–H and O–H groups in total. The van der Waals surface area contributed by atoms with Crippen molar-refractivity contribution in [1.82, 2.24) is 4.90 Å². The fourth-order valence-corrected chi connectivity index (χ4v) is 3.48. The topological polar surface area (TPSA) is 12.5 Å². The first kappa shape index (κ1) is 19.5. The molecule has 1 saturated carbocycles. The predicted octanol–water partition coefficient (Wildman–Crippen LogP) is 5.02. The molecule has 0 aliphatic heterocycles. The summed E-state index contributed by atoms with van der Waals surface area (Å²) in [7, 11) is 0. The van der Waals surface area contributed by atoms with Crippen LogP contribution in [0.4, 0.5) is 0 Å². The van der Waals surface area contributed by atoms with Gasteiger partial charge in [0, 0.05) is 13.2 Å². The molecule has 0 unspecified atom stereocenters. The van der Waals surface area contributed by atoms with Crippen LogP contribution in [0, 0.1) is 0 Å². The molecule has 2 nitrogen and oxygen atoms in total. The van der Waals surface area contributed by atoms with E-state index in [1.807, 2.05) is 0 Å². The molecule has 0 amide bonds. The van der Waals surface area contributed by atoms with Crippen LogP contribution >= 0.6 is 12.4 Å². The minimum Gasteiger partial charge on any atom is -0.370 e. The lowest BCUT2D eigenvalue weighted by Crippen LogP contribution is -2.33. The Hall–Kier alpha value is -0.570. The van der Waals surface area contributed by atoms with Gasteiger partial charge in [-0.05, 0) is 37.9 Å². The van der Waals surface area contributed by atoms with Crippen molar-refractivity contribution < 1.29 is 4.74 Å². The van der Waals surface area contributed by atoms with Gasteiger partial charge in [-0.1, -0.05) is 63.4 Å². The number of nitrogens with zero attached hydrogens (tertiary/aromatic N) is 1. The molecule has 1 aromatic rings. The summed E-state index contributed by atoms with van der Waals surface area (Å²) in [6.45, 7) is 8.78. The highest BCUT2D eigenvalue weighted by Gasteiger charge is 2.34. The van der Waals surface area contributed by atoms with Gasteiger partial charge in [-0.25, -0.2) is 0 Å². The third kappa shape index (κ3) is 5.26. The van der Waals surface area contributed by atoms with Crippen molar-refractivity contribution in [2.75, 3.05) is 26.2 Å². The Morgan fingerprint density at radius 3 is 2.23 bits per heavy atom. The van der Waals surface area contributed by atoms with Crippen LogP contribution < -0.4 is 0 Å². The number of halogens is 1. The third-order valence-corrected chi connectivity index (χ3v) is 4.85. The smallest absolute Gasteiger partial charge is 0.0931 e. The van der Waals surface area contributed by atoms with Gasteiger partial charge in [-0.2, -0.15) is 0 Å². The van der Waals surface area contributed by atoms with E-state index < -0.39 is 0 Å². The van der Waals surface area contributed by atoms with E-state index >= 15 is 0 Å². The van der Waals surface area contributed by atoms with Crippen molar-refractivity contribution >= 4 is 12.4 Å². The molecule has 126 valence electrons. The fourth-order valence-electron chi connectivity index (χ4n) is 3.48. The molecule has 0 atom stereocenters. The Labute approximate surface area is 142 Å². The molecule has 0 spiro atoms. The fraction of sp³-hybridized carbons (Fsp3) is 0.684. The van der Waals surface area contributed by atoms with Gasteiger partial charge in [0.2, 0.25) is 0 Å². The Kier molecular flexibility index (Phi) is 9.08. The summed E-state index contributed by atoms with van der Waals surface area (Å²) >= 11 is 0. The van der Waals surface area contributed by atoms with Crippen LogP contribution in [0.2, 0.25) is 0 Å². The zero-order valence-corrected chi connectivity index (χ0v) is 15.0. The summed E-state index contributed by atoms with van der Waals surface area (Å²) in [6, 6.07) is 10.9. The van der Waals surface area contributed by atoms with E-state index in [9.17, 15) is 0 Å². The zero-order valence-electron chi connectivity index (χ0n) is 14.2. The van der Waals surface area contributed by atoms with Crippen molar-refractivity contribution in [1.29, 1.82) is 0 Å². The molecule has 0 heterocycles. The van der Waals surface area contributed by atoms with Crippen LogP contribution in [0.3, 0.4) is 0 Å². The molecule has 1 aliphatic carbocycles. The molecule has 0 radical (unpaired) electrons. The molecule has 0 aromatic heterocycles. The van der Waals surface area contributed by atoms with Crippen LogP contribution in [-0.2, 0) is 10.3 Å². The second-order valence-corrected chi connectivity index (χ2v) is 6.15. The summed E-state index contributed by atoms with van der Waals surface area (Å²) in [4.78, 5) is 2.47. The molecule has 1 aromatic carbocycles. The second-order valence-electron chi connectivity index (χ2n) is 6.15. The van der Waals surface area contributed by atoms with E-state index in [0.29, 0.717) is 0 Å². The molecular weight excluding hydrogens is 294 g/mol. The summed E-state index contributed by atoms with van der Waals surface area (Å²) in [5.74, 6) is 0. The van der Waals surface area contributed by atoms with Crippen LogP contribution in [0.25, 0.3) is 0 Å². The zero-order chi connectivity index (χ0) is 15.0. The summed E-state index contributed by atoms with van der Waals surface area (Å²) in [5.41, 5.74) is 1.37. The lowest BCUT2D eigenvalue weighted by molar-refractivity contribution is -0.0781. The summed E-state index contributed by atoms with van der Waals surface area (Å²) < 4.78 is 6.47. The van der Waals surface area contributed by atoms with Gasteiger partial charge >= 0.3 is 0 Å². The normalized spacial score (nSPS) is 17.2. The molecular formula is C19H32ClNO.